The summed E-state index contributed by atoms with van der Waals surface area (Å²) in [7, 11) is 3.09. The molecule has 12 heteroatoms. The number of nitrogens with zero attached hydrogens (tertiary/aromatic N) is 4. The lowest BCUT2D eigenvalue weighted by atomic mass is 9.98. The van der Waals surface area contributed by atoms with Crippen molar-refractivity contribution in [2.75, 3.05) is 47.1 Å². The fourth-order valence-electron chi connectivity index (χ4n) is 7.13. The molecule has 2 aliphatic heterocycles. The molecule has 0 spiro atoms. The molecular weight excluding hydrogens is 719 g/mol. The number of methoxy groups -OCH3 is 2. The molecule has 7 rings (SSSR count). The molecular formula is C44H42F2N4O6. The summed E-state index contributed by atoms with van der Waals surface area (Å²) in [6.45, 7) is 4.41. The van der Waals surface area contributed by atoms with Crippen molar-refractivity contribution in [3.63, 3.8) is 0 Å². The van der Waals surface area contributed by atoms with Crippen LogP contribution in [0.15, 0.2) is 84.9 Å². The number of hydrogen-bond acceptors (Lipinski definition) is 9. The minimum Gasteiger partial charge on any atom is -0.497 e. The number of morpholine rings is 1. The van der Waals surface area contributed by atoms with E-state index in [4.69, 9.17) is 14.2 Å². The Morgan fingerprint density at radius 3 is 2.16 bits per heavy atom. The van der Waals surface area contributed by atoms with Gasteiger partial charge in [0, 0.05) is 55.1 Å². The summed E-state index contributed by atoms with van der Waals surface area (Å²) < 4.78 is 46.2. The second-order valence-corrected chi connectivity index (χ2v) is 13.9. The first kappa shape index (κ1) is 38.4. The molecule has 1 fully saturated rings. The maximum atomic E-state index is 15.0. The van der Waals surface area contributed by atoms with Crippen LogP contribution in [0.25, 0.3) is 11.4 Å². The van der Waals surface area contributed by atoms with Gasteiger partial charge in [-0.3, -0.25) is 19.3 Å². The van der Waals surface area contributed by atoms with Crippen LogP contribution in [0, 0.1) is 11.6 Å². The Hall–Kier alpha value is -5.85. The van der Waals surface area contributed by atoms with Crippen molar-refractivity contribution in [1.29, 1.82) is 0 Å². The van der Waals surface area contributed by atoms with Crippen molar-refractivity contribution in [2.45, 2.75) is 38.8 Å². The highest BCUT2D eigenvalue weighted by molar-refractivity contribution is 6.00. The Bertz CT molecular complexity index is 2220. The largest absolute Gasteiger partial charge is 0.497 e. The van der Waals surface area contributed by atoms with Crippen LogP contribution < -0.4 is 9.47 Å². The number of aromatic nitrogens is 2. The monoisotopic (exact) mass is 760 g/mol. The predicted molar refractivity (Wildman–Crippen MR) is 205 cm³/mol. The summed E-state index contributed by atoms with van der Waals surface area (Å²) in [4.78, 5) is 53.0. The smallest absolute Gasteiger partial charge is 0.258 e. The van der Waals surface area contributed by atoms with E-state index in [0.717, 1.165) is 68.1 Å². The van der Waals surface area contributed by atoms with E-state index in [-0.39, 0.29) is 60.4 Å². The van der Waals surface area contributed by atoms with Gasteiger partial charge in [-0.25, -0.2) is 18.7 Å². The second kappa shape index (κ2) is 17.3. The Morgan fingerprint density at radius 2 is 1.48 bits per heavy atom. The number of fused-ring (bicyclic) bond motifs is 1. The summed E-state index contributed by atoms with van der Waals surface area (Å²) in [5, 5.41) is 0. The predicted octanol–water partition coefficient (Wildman–Crippen LogP) is 6.91. The van der Waals surface area contributed by atoms with Gasteiger partial charge in [0.05, 0.1) is 63.0 Å². The Morgan fingerprint density at radius 1 is 0.804 bits per heavy atom. The zero-order valence-corrected chi connectivity index (χ0v) is 31.4. The molecule has 1 aromatic heterocycles. The molecule has 0 aliphatic carbocycles. The summed E-state index contributed by atoms with van der Waals surface area (Å²) >= 11 is 0. The van der Waals surface area contributed by atoms with E-state index >= 15 is 0 Å². The highest BCUT2D eigenvalue weighted by Gasteiger charge is 2.34. The zero-order valence-electron chi connectivity index (χ0n) is 31.4. The average molecular weight is 761 g/mol. The van der Waals surface area contributed by atoms with Gasteiger partial charge in [0.1, 0.15) is 23.1 Å². The van der Waals surface area contributed by atoms with Crippen LogP contribution in [0.2, 0.25) is 0 Å². The standard InChI is InChI=1S/C44H42F2N4O6/c1-54-33-17-16-32(40(25-33)55-2)26-50-27-37-42(44(50)53)36(47-43(48-37)41-34(45)5-3-6-35(41)46)23-28-8-14-31(15-9-28)39(52)24-29-10-12-30(13-11-29)38(51)7-4-18-49-19-21-56-22-20-49/h3,5-6,8-17,25H,4,7,18-24,26-27H2,1-2H3. The number of amides is 1. The highest BCUT2D eigenvalue weighted by atomic mass is 19.1. The van der Waals surface area contributed by atoms with E-state index in [0.29, 0.717) is 40.4 Å². The third-order valence-corrected chi connectivity index (χ3v) is 10.2. The summed E-state index contributed by atoms with van der Waals surface area (Å²) in [6, 6.07) is 23.1. The van der Waals surface area contributed by atoms with E-state index in [1.807, 2.05) is 18.2 Å². The Labute approximate surface area is 324 Å². The first-order chi connectivity index (χ1) is 27.2. The average Bonchev–Trinajstić information content (AvgIpc) is 3.53. The van der Waals surface area contributed by atoms with Gasteiger partial charge in [-0.15, -0.1) is 0 Å². The minimum atomic E-state index is -0.816. The van der Waals surface area contributed by atoms with Crippen LogP contribution in [0.3, 0.4) is 0 Å². The van der Waals surface area contributed by atoms with Crippen LogP contribution >= 0.6 is 0 Å². The number of Topliss-reactive ketones (excluding diaryl/α,β-unsaturated/α-hetero) is 2. The first-order valence-electron chi connectivity index (χ1n) is 18.6. The molecule has 0 saturated carbocycles. The molecule has 5 aromatic rings. The molecule has 1 saturated heterocycles. The van der Waals surface area contributed by atoms with E-state index in [2.05, 4.69) is 14.9 Å². The molecule has 1 amide bonds. The van der Waals surface area contributed by atoms with Gasteiger partial charge >= 0.3 is 0 Å². The quantitative estimate of drug-likeness (QED) is 0.105. The lowest BCUT2D eigenvalue weighted by molar-refractivity contribution is 0.0371. The van der Waals surface area contributed by atoms with Gasteiger partial charge in [0.25, 0.3) is 5.91 Å². The number of carbonyl (C=O) groups is 3. The van der Waals surface area contributed by atoms with Crippen molar-refractivity contribution < 1.29 is 37.4 Å². The maximum absolute atomic E-state index is 15.0. The zero-order chi connectivity index (χ0) is 39.2. The molecule has 0 unspecified atom stereocenters. The van der Waals surface area contributed by atoms with Crippen LogP contribution in [0.5, 0.6) is 11.5 Å². The molecule has 2 aliphatic rings. The fourth-order valence-corrected chi connectivity index (χ4v) is 7.13. The molecule has 0 atom stereocenters. The number of halogens is 2. The SMILES string of the molecule is COc1ccc(CN2Cc3nc(-c4c(F)cccc4F)nc(Cc4ccc(C(=O)Cc5ccc(C(=O)CCCN6CCOCC6)cc5)cc4)c3C2=O)c(OC)c1. The van der Waals surface area contributed by atoms with E-state index < -0.39 is 11.6 Å². The van der Waals surface area contributed by atoms with Gasteiger partial charge in [-0.1, -0.05) is 54.6 Å². The molecule has 0 N–H and O–H groups in total. The highest BCUT2D eigenvalue weighted by Crippen LogP contribution is 2.33. The summed E-state index contributed by atoms with van der Waals surface area (Å²) in [5.41, 5.74) is 3.98. The lowest BCUT2D eigenvalue weighted by Crippen LogP contribution is -2.36. The van der Waals surface area contributed by atoms with Crippen LogP contribution in [-0.4, -0.2) is 84.3 Å². The van der Waals surface area contributed by atoms with Gasteiger partial charge in [0.15, 0.2) is 17.4 Å². The maximum Gasteiger partial charge on any atom is 0.258 e. The van der Waals surface area contributed by atoms with Crippen molar-refractivity contribution in [1.82, 2.24) is 19.8 Å². The molecule has 4 aromatic carbocycles. The van der Waals surface area contributed by atoms with Crippen molar-refractivity contribution in [3.8, 4) is 22.9 Å². The first-order valence-corrected chi connectivity index (χ1v) is 18.6. The molecule has 288 valence electrons. The molecule has 10 nitrogen and oxygen atoms in total. The molecule has 3 heterocycles. The minimum absolute atomic E-state index is 0.0825. The van der Waals surface area contributed by atoms with Crippen LogP contribution in [-0.2, 0) is 30.7 Å². The van der Waals surface area contributed by atoms with E-state index in [1.54, 1.807) is 60.5 Å². The van der Waals surface area contributed by atoms with Gasteiger partial charge in [-0.2, -0.15) is 0 Å². The number of ether oxygens (including phenoxy) is 3. The van der Waals surface area contributed by atoms with Crippen molar-refractivity contribution in [3.05, 3.63) is 141 Å². The number of rotatable bonds is 15. The Kier molecular flexibility index (Phi) is 11.9. The fraction of sp³-hybridized carbons (Fsp3) is 0.295. The van der Waals surface area contributed by atoms with E-state index in [1.165, 1.54) is 13.2 Å². The van der Waals surface area contributed by atoms with Crippen LogP contribution in [0.4, 0.5) is 8.78 Å². The van der Waals surface area contributed by atoms with Gasteiger partial charge in [-0.05, 0) is 48.4 Å². The van der Waals surface area contributed by atoms with Gasteiger partial charge in [0.2, 0.25) is 0 Å². The van der Waals surface area contributed by atoms with Crippen LogP contribution in [0.1, 0.15) is 72.0 Å². The second-order valence-electron chi connectivity index (χ2n) is 13.9. The number of benzene rings is 4. The van der Waals surface area contributed by atoms with Gasteiger partial charge < -0.3 is 19.1 Å². The molecule has 0 bridgehead atoms. The third kappa shape index (κ3) is 8.66. The van der Waals surface area contributed by atoms with Crippen molar-refractivity contribution in [2.24, 2.45) is 0 Å². The normalized spacial score (nSPS) is 14.1. The molecule has 56 heavy (non-hydrogen) atoms. The summed E-state index contributed by atoms with van der Waals surface area (Å²) in [6.07, 6.45) is 1.56. The molecule has 0 radical (unpaired) electrons. The number of ketones is 2. The lowest BCUT2D eigenvalue weighted by Gasteiger charge is -2.26. The number of carbonyl (C=O) groups excluding carboxylic acids is 3. The topological polar surface area (TPSA) is 111 Å². The van der Waals surface area contributed by atoms with Crippen molar-refractivity contribution >= 4 is 17.5 Å². The van der Waals surface area contributed by atoms with E-state index in [9.17, 15) is 23.2 Å². The number of hydrogen-bond donors (Lipinski definition) is 0. The summed E-state index contributed by atoms with van der Waals surface area (Å²) in [5.74, 6) is -0.972. The third-order valence-electron chi connectivity index (χ3n) is 10.2. The Balaban J connectivity index is 1.05.